The van der Waals surface area contributed by atoms with Crippen molar-refractivity contribution >= 4 is 18.3 Å². The molecule has 0 radical (unpaired) electrons. The summed E-state index contributed by atoms with van der Waals surface area (Å²) in [4.78, 5) is 12.2. The van der Waals surface area contributed by atoms with E-state index in [1.165, 1.54) is 6.07 Å². The minimum Gasteiger partial charge on any atom is -0.383 e. The van der Waals surface area contributed by atoms with Crippen LogP contribution in [0.25, 0.3) is 0 Å². The third kappa shape index (κ3) is 7.51. The number of hydrogen-bond donors (Lipinski definition) is 2. The molecule has 1 rings (SSSR count). The molecule has 24 heavy (non-hydrogen) atoms. The smallest absolute Gasteiger partial charge is 0.383 e. The number of hydrogen-bond acceptors (Lipinski definition) is 3. The van der Waals surface area contributed by atoms with Gasteiger partial charge < -0.3 is 15.4 Å². The number of nitrogens with one attached hydrogen (secondary N) is 2. The summed E-state index contributed by atoms with van der Waals surface area (Å²) < 4.78 is 43.2. The van der Waals surface area contributed by atoms with E-state index in [1.807, 2.05) is 0 Å². The van der Waals surface area contributed by atoms with Crippen molar-refractivity contribution in [2.75, 3.05) is 33.4 Å². The van der Waals surface area contributed by atoms with Crippen molar-refractivity contribution in [2.45, 2.75) is 25.4 Å². The molecule has 0 saturated carbocycles. The zero-order valence-electron chi connectivity index (χ0n) is 13.8. The maximum Gasteiger partial charge on any atom is 0.416 e. The number of methoxy groups -OCH3 is 1. The van der Waals surface area contributed by atoms with E-state index in [0.717, 1.165) is 12.1 Å². The van der Waals surface area contributed by atoms with Crippen molar-refractivity contribution < 1.29 is 22.7 Å². The topological polar surface area (TPSA) is 50.4 Å². The van der Waals surface area contributed by atoms with Gasteiger partial charge in [-0.1, -0.05) is 25.1 Å². The third-order valence-corrected chi connectivity index (χ3v) is 3.43. The van der Waals surface area contributed by atoms with Crippen molar-refractivity contribution in [3.63, 3.8) is 0 Å². The van der Waals surface area contributed by atoms with E-state index >= 15 is 0 Å². The van der Waals surface area contributed by atoms with Gasteiger partial charge in [0, 0.05) is 26.7 Å². The van der Waals surface area contributed by atoms with Crippen molar-refractivity contribution in [1.29, 1.82) is 0 Å². The number of carbonyl (C=O) groups excluding carboxylic acids is 1. The molecule has 0 aliphatic heterocycles. The molecule has 0 heterocycles. The van der Waals surface area contributed by atoms with Gasteiger partial charge in [-0.05, 0) is 18.1 Å². The average molecular weight is 369 g/mol. The Hall–Kier alpha value is -1.31. The van der Waals surface area contributed by atoms with Crippen LogP contribution in [0.15, 0.2) is 24.3 Å². The Labute approximate surface area is 146 Å². The lowest BCUT2D eigenvalue weighted by Crippen LogP contribution is -2.35. The predicted molar refractivity (Wildman–Crippen MR) is 89.5 cm³/mol. The second-order valence-electron chi connectivity index (χ2n) is 5.12. The molecule has 1 aromatic carbocycles. The van der Waals surface area contributed by atoms with Crippen molar-refractivity contribution in [3.8, 4) is 0 Å². The second-order valence-corrected chi connectivity index (χ2v) is 5.12. The number of benzene rings is 1. The van der Waals surface area contributed by atoms with Gasteiger partial charge in [0.05, 0.1) is 18.1 Å². The van der Waals surface area contributed by atoms with Crippen molar-refractivity contribution in [3.05, 3.63) is 35.4 Å². The Morgan fingerprint density at radius 2 is 1.96 bits per heavy atom. The maximum atomic E-state index is 12.8. The van der Waals surface area contributed by atoms with Gasteiger partial charge in [-0.3, -0.25) is 4.79 Å². The standard InChI is InChI=1S/C16H23F3N2O2.ClH/c1-3-14(15(22)21-8-7-20-9-10-23-2)12-5-4-6-13(11-12)16(17,18)19;/h4-6,11,14,20H,3,7-10H2,1-2H3,(H,21,22);1H. The Kier molecular flexibility index (Phi) is 10.7. The maximum absolute atomic E-state index is 12.8. The van der Waals surface area contributed by atoms with Crippen LogP contribution in [0, 0.1) is 0 Å². The number of amides is 1. The molecule has 0 bridgehead atoms. The van der Waals surface area contributed by atoms with E-state index in [1.54, 1.807) is 20.1 Å². The molecule has 0 aromatic heterocycles. The highest BCUT2D eigenvalue weighted by Crippen LogP contribution is 2.31. The van der Waals surface area contributed by atoms with Gasteiger partial charge in [-0.15, -0.1) is 12.4 Å². The zero-order valence-corrected chi connectivity index (χ0v) is 14.6. The van der Waals surface area contributed by atoms with E-state index in [9.17, 15) is 18.0 Å². The molecule has 2 N–H and O–H groups in total. The fraction of sp³-hybridized carbons (Fsp3) is 0.562. The Morgan fingerprint density at radius 3 is 2.54 bits per heavy atom. The van der Waals surface area contributed by atoms with Gasteiger partial charge in [0.2, 0.25) is 5.91 Å². The summed E-state index contributed by atoms with van der Waals surface area (Å²) in [5.41, 5.74) is -0.352. The number of carbonyl (C=O) groups is 1. The van der Waals surface area contributed by atoms with E-state index in [4.69, 9.17) is 4.74 Å². The summed E-state index contributed by atoms with van der Waals surface area (Å²) in [6, 6.07) is 4.94. The normalized spacial score (nSPS) is 12.4. The lowest BCUT2D eigenvalue weighted by Gasteiger charge is -2.17. The third-order valence-electron chi connectivity index (χ3n) is 3.43. The fourth-order valence-corrected chi connectivity index (χ4v) is 2.20. The monoisotopic (exact) mass is 368 g/mol. The van der Waals surface area contributed by atoms with Gasteiger partial charge >= 0.3 is 6.18 Å². The van der Waals surface area contributed by atoms with Gasteiger partial charge in [0.1, 0.15) is 0 Å². The summed E-state index contributed by atoms with van der Waals surface area (Å²) in [7, 11) is 1.60. The lowest BCUT2D eigenvalue weighted by molar-refractivity contribution is -0.137. The molecule has 0 fully saturated rings. The minimum atomic E-state index is -4.41. The molecule has 1 amide bonds. The molecule has 0 aliphatic carbocycles. The first kappa shape index (κ1) is 22.7. The Balaban J connectivity index is 0.00000529. The highest BCUT2D eigenvalue weighted by molar-refractivity contribution is 5.85. The summed E-state index contributed by atoms with van der Waals surface area (Å²) in [5.74, 6) is -0.850. The van der Waals surface area contributed by atoms with Crippen LogP contribution in [0.1, 0.15) is 30.4 Å². The van der Waals surface area contributed by atoms with Gasteiger partial charge in [0.25, 0.3) is 0 Å². The summed E-state index contributed by atoms with van der Waals surface area (Å²) in [6.07, 6.45) is -3.97. The van der Waals surface area contributed by atoms with E-state index in [0.29, 0.717) is 38.2 Å². The Morgan fingerprint density at radius 1 is 1.25 bits per heavy atom. The van der Waals surface area contributed by atoms with Crippen LogP contribution in [0.2, 0.25) is 0 Å². The van der Waals surface area contributed by atoms with Crippen LogP contribution < -0.4 is 10.6 Å². The van der Waals surface area contributed by atoms with Crippen LogP contribution >= 0.6 is 12.4 Å². The number of halogens is 4. The van der Waals surface area contributed by atoms with Gasteiger partial charge in [-0.25, -0.2) is 0 Å². The first-order valence-electron chi connectivity index (χ1n) is 7.54. The van der Waals surface area contributed by atoms with E-state index in [2.05, 4.69) is 10.6 Å². The molecule has 1 atom stereocenters. The van der Waals surface area contributed by atoms with Crippen molar-refractivity contribution in [1.82, 2.24) is 10.6 Å². The molecule has 8 heteroatoms. The van der Waals surface area contributed by atoms with Crippen LogP contribution in [0.5, 0.6) is 0 Å². The summed E-state index contributed by atoms with van der Waals surface area (Å²) in [5, 5.41) is 5.82. The number of rotatable bonds is 9. The zero-order chi connectivity index (χ0) is 17.3. The summed E-state index contributed by atoms with van der Waals surface area (Å²) in [6.45, 7) is 4.03. The SMILES string of the molecule is CCC(C(=O)NCCNCCOC)c1cccc(C(F)(F)F)c1.Cl. The molecule has 4 nitrogen and oxygen atoms in total. The van der Waals surface area contributed by atoms with Gasteiger partial charge in [-0.2, -0.15) is 13.2 Å². The highest BCUT2D eigenvalue weighted by atomic mass is 35.5. The number of alkyl halides is 3. The van der Waals surface area contributed by atoms with E-state index < -0.39 is 17.7 Å². The van der Waals surface area contributed by atoms with Crippen LogP contribution in [0.3, 0.4) is 0 Å². The molecule has 1 aromatic rings. The molecule has 1 unspecified atom stereocenters. The molecular weight excluding hydrogens is 345 g/mol. The van der Waals surface area contributed by atoms with Gasteiger partial charge in [0.15, 0.2) is 0 Å². The quantitative estimate of drug-likeness (QED) is 0.659. The highest BCUT2D eigenvalue weighted by Gasteiger charge is 2.31. The van der Waals surface area contributed by atoms with Crippen LogP contribution in [-0.4, -0.2) is 39.3 Å². The largest absolute Gasteiger partial charge is 0.416 e. The molecule has 0 aliphatic rings. The number of ether oxygens (including phenoxy) is 1. The molecule has 0 saturated heterocycles. The minimum absolute atomic E-state index is 0. The molecular formula is C16H24ClF3N2O2. The average Bonchev–Trinajstić information content (AvgIpc) is 2.51. The molecule has 0 spiro atoms. The summed E-state index contributed by atoms with van der Waals surface area (Å²) >= 11 is 0. The first-order chi connectivity index (χ1) is 10.9. The molecule has 138 valence electrons. The first-order valence-corrected chi connectivity index (χ1v) is 7.54. The second kappa shape index (κ2) is 11.3. The predicted octanol–water partition coefficient (Wildman–Crippen LogP) is 2.97. The lowest BCUT2D eigenvalue weighted by atomic mass is 9.94. The fourth-order valence-electron chi connectivity index (χ4n) is 2.20. The Bertz CT molecular complexity index is 498. The van der Waals surface area contributed by atoms with Crippen molar-refractivity contribution in [2.24, 2.45) is 0 Å². The van der Waals surface area contributed by atoms with Crippen LogP contribution in [-0.2, 0) is 15.7 Å². The van der Waals surface area contributed by atoms with Crippen LogP contribution in [0.4, 0.5) is 13.2 Å². The van der Waals surface area contributed by atoms with E-state index in [-0.39, 0.29) is 18.3 Å².